The zero-order chi connectivity index (χ0) is 6.69. The summed E-state index contributed by atoms with van der Waals surface area (Å²) in [5.74, 6) is 0.218. The van der Waals surface area contributed by atoms with Gasteiger partial charge in [0.2, 0.25) is 0 Å². The number of hydrogen-bond acceptors (Lipinski definition) is 2. The van der Waals surface area contributed by atoms with Gasteiger partial charge in [-0.2, -0.15) is 0 Å². The summed E-state index contributed by atoms with van der Waals surface area (Å²) in [6, 6.07) is 0.917. The second-order valence-electron chi connectivity index (χ2n) is 2.37. The molecule has 0 saturated carbocycles. The Balaban J connectivity index is 2.43. The lowest BCUT2D eigenvalue weighted by atomic mass is 9.91. The van der Waals surface area contributed by atoms with Gasteiger partial charge in [0.25, 0.3) is 0 Å². The largest absolute Gasteiger partial charge is 0.396 e. The smallest absolute Gasteiger partial charge is 0.0480 e. The van der Waals surface area contributed by atoms with E-state index in [4.69, 9.17) is 10.8 Å². The maximum Gasteiger partial charge on any atom is 0.0480 e. The zero-order valence-electron chi connectivity index (χ0n) is 5.38. The minimum atomic E-state index is 0.191. The lowest BCUT2D eigenvalue weighted by molar-refractivity contribution is 0.228. The van der Waals surface area contributed by atoms with Crippen LogP contribution in [0, 0.1) is 12.0 Å². The standard InChI is InChI=1S/C7H12NO/c8-7-4-2-1-3-6(7)5-9/h1-2,6,9H,3-5,8H2/t6-/m1/s1. The molecule has 0 fully saturated rings. The summed E-state index contributed by atoms with van der Waals surface area (Å²) in [5.41, 5.74) is 5.59. The van der Waals surface area contributed by atoms with Gasteiger partial charge in [0.05, 0.1) is 0 Å². The number of rotatable bonds is 1. The second kappa shape index (κ2) is 2.99. The van der Waals surface area contributed by atoms with E-state index in [-0.39, 0.29) is 12.5 Å². The van der Waals surface area contributed by atoms with Gasteiger partial charge in [-0.3, -0.25) is 0 Å². The Morgan fingerprint density at radius 2 is 2.44 bits per heavy atom. The lowest BCUT2D eigenvalue weighted by Crippen LogP contribution is -2.25. The van der Waals surface area contributed by atoms with Gasteiger partial charge < -0.3 is 10.8 Å². The first kappa shape index (κ1) is 6.78. The maximum absolute atomic E-state index is 8.73. The fraction of sp³-hybridized carbons (Fsp3) is 0.571. The van der Waals surface area contributed by atoms with Crippen molar-refractivity contribution in [3.05, 3.63) is 18.2 Å². The highest BCUT2D eigenvalue weighted by Crippen LogP contribution is 2.21. The van der Waals surface area contributed by atoms with Crippen LogP contribution in [0.25, 0.3) is 0 Å². The van der Waals surface area contributed by atoms with Crippen LogP contribution in [0.4, 0.5) is 0 Å². The first-order valence-corrected chi connectivity index (χ1v) is 3.21. The molecule has 2 heteroatoms. The minimum Gasteiger partial charge on any atom is -0.396 e. The van der Waals surface area contributed by atoms with Crippen LogP contribution >= 0.6 is 0 Å². The van der Waals surface area contributed by atoms with Gasteiger partial charge in [0.1, 0.15) is 0 Å². The molecule has 1 radical (unpaired) electrons. The van der Waals surface area contributed by atoms with Gasteiger partial charge in [-0.1, -0.05) is 12.2 Å². The van der Waals surface area contributed by atoms with Crippen molar-refractivity contribution in [1.82, 2.24) is 0 Å². The van der Waals surface area contributed by atoms with Gasteiger partial charge in [-0.15, -0.1) is 0 Å². The molecule has 3 N–H and O–H groups in total. The van der Waals surface area contributed by atoms with E-state index in [1.165, 1.54) is 0 Å². The summed E-state index contributed by atoms with van der Waals surface area (Å²) in [7, 11) is 0. The van der Waals surface area contributed by atoms with Crippen molar-refractivity contribution >= 4 is 0 Å². The van der Waals surface area contributed by atoms with Crippen LogP contribution in [0.5, 0.6) is 0 Å². The highest BCUT2D eigenvalue weighted by Gasteiger charge is 2.17. The fourth-order valence-corrected chi connectivity index (χ4v) is 0.990. The molecule has 0 amide bonds. The van der Waals surface area contributed by atoms with Gasteiger partial charge in [-0.25, -0.2) is 0 Å². The molecule has 1 aliphatic carbocycles. The topological polar surface area (TPSA) is 46.2 Å². The molecule has 0 aromatic heterocycles. The molecule has 2 nitrogen and oxygen atoms in total. The molecule has 0 saturated heterocycles. The van der Waals surface area contributed by atoms with E-state index in [0.717, 1.165) is 18.9 Å². The third kappa shape index (κ3) is 1.53. The van der Waals surface area contributed by atoms with E-state index in [1.54, 1.807) is 0 Å². The van der Waals surface area contributed by atoms with Crippen LogP contribution < -0.4 is 5.73 Å². The third-order valence-electron chi connectivity index (χ3n) is 1.69. The first-order chi connectivity index (χ1) is 4.34. The van der Waals surface area contributed by atoms with Crippen LogP contribution in [-0.2, 0) is 0 Å². The van der Waals surface area contributed by atoms with E-state index in [2.05, 4.69) is 6.08 Å². The normalized spacial score (nSPS) is 28.9. The third-order valence-corrected chi connectivity index (χ3v) is 1.69. The van der Waals surface area contributed by atoms with Gasteiger partial charge in [-0.05, 0) is 12.8 Å². The van der Waals surface area contributed by atoms with Crippen LogP contribution in [0.2, 0.25) is 0 Å². The summed E-state index contributed by atoms with van der Waals surface area (Å²) in [6.07, 6.45) is 5.85. The molecule has 1 atom stereocenters. The molecule has 0 spiro atoms. The first-order valence-electron chi connectivity index (χ1n) is 3.21. The molecular weight excluding hydrogens is 114 g/mol. The fourth-order valence-electron chi connectivity index (χ4n) is 0.990. The Morgan fingerprint density at radius 1 is 1.67 bits per heavy atom. The second-order valence-corrected chi connectivity index (χ2v) is 2.37. The van der Waals surface area contributed by atoms with Crippen molar-refractivity contribution in [3.63, 3.8) is 0 Å². The predicted molar refractivity (Wildman–Crippen MR) is 36.4 cm³/mol. The molecule has 1 aliphatic rings. The van der Waals surface area contributed by atoms with Crippen molar-refractivity contribution in [2.24, 2.45) is 11.7 Å². The molecule has 0 heterocycles. The van der Waals surface area contributed by atoms with Crippen molar-refractivity contribution < 1.29 is 5.11 Å². The number of allylic oxidation sites excluding steroid dienone is 1. The molecule has 1 rings (SSSR count). The van der Waals surface area contributed by atoms with Gasteiger partial charge >= 0.3 is 0 Å². The molecule has 0 aromatic rings. The van der Waals surface area contributed by atoms with Crippen molar-refractivity contribution in [2.75, 3.05) is 6.61 Å². The lowest BCUT2D eigenvalue weighted by Gasteiger charge is -2.21. The zero-order valence-corrected chi connectivity index (χ0v) is 5.38. The van der Waals surface area contributed by atoms with E-state index in [9.17, 15) is 0 Å². The molecule has 0 aliphatic heterocycles. The monoisotopic (exact) mass is 126 g/mol. The van der Waals surface area contributed by atoms with Crippen molar-refractivity contribution in [3.8, 4) is 0 Å². The number of nitrogens with two attached hydrogens (primary N) is 1. The summed E-state index contributed by atoms with van der Waals surface area (Å²) in [5, 5.41) is 8.73. The number of aliphatic hydroxyl groups excluding tert-OH is 1. The van der Waals surface area contributed by atoms with E-state index in [0.29, 0.717) is 0 Å². The number of hydrogen-bond donors (Lipinski definition) is 2. The minimum absolute atomic E-state index is 0.191. The Bertz CT molecular complexity index is 111. The van der Waals surface area contributed by atoms with Crippen LogP contribution in [-0.4, -0.2) is 11.7 Å². The molecule has 0 bridgehead atoms. The van der Waals surface area contributed by atoms with Crippen LogP contribution in [0.15, 0.2) is 12.2 Å². The molecule has 0 unspecified atom stereocenters. The predicted octanol–water partition coefficient (Wildman–Crippen LogP) is 0.436. The average molecular weight is 126 g/mol. The van der Waals surface area contributed by atoms with Crippen molar-refractivity contribution in [1.29, 1.82) is 0 Å². The van der Waals surface area contributed by atoms with Crippen LogP contribution in [0.1, 0.15) is 12.8 Å². The summed E-state index contributed by atoms with van der Waals surface area (Å²) < 4.78 is 0. The average Bonchev–Trinajstić information content (AvgIpc) is 1.89. The molecule has 51 valence electrons. The Kier molecular flexibility index (Phi) is 2.25. The molecule has 9 heavy (non-hydrogen) atoms. The maximum atomic E-state index is 8.73. The Labute approximate surface area is 55.4 Å². The Hall–Kier alpha value is -0.340. The van der Waals surface area contributed by atoms with Gasteiger partial charge in [0, 0.05) is 18.6 Å². The van der Waals surface area contributed by atoms with E-state index < -0.39 is 0 Å². The summed E-state index contributed by atoms with van der Waals surface area (Å²) in [4.78, 5) is 0. The van der Waals surface area contributed by atoms with E-state index in [1.807, 2.05) is 6.08 Å². The van der Waals surface area contributed by atoms with Gasteiger partial charge in [0.15, 0.2) is 0 Å². The number of aliphatic hydroxyl groups is 1. The summed E-state index contributed by atoms with van der Waals surface area (Å²) >= 11 is 0. The quantitative estimate of drug-likeness (QED) is 0.501. The van der Waals surface area contributed by atoms with Crippen molar-refractivity contribution in [2.45, 2.75) is 12.8 Å². The highest BCUT2D eigenvalue weighted by molar-refractivity contribution is 5.06. The Morgan fingerprint density at radius 3 is 2.89 bits per heavy atom. The summed E-state index contributed by atoms with van der Waals surface area (Å²) in [6.45, 7) is 0.191. The molecule has 0 aromatic carbocycles. The highest BCUT2D eigenvalue weighted by atomic mass is 16.3. The van der Waals surface area contributed by atoms with E-state index >= 15 is 0 Å². The SMILES string of the molecule is N[C]1CC=CC[C@@H]1CO. The van der Waals surface area contributed by atoms with Crippen LogP contribution in [0.3, 0.4) is 0 Å². The molecular formula is C7H12NO.